The summed E-state index contributed by atoms with van der Waals surface area (Å²) in [6.45, 7) is 8.77. The SMILES string of the molecule is Cc1cc(C)cc(N(c2cc(C)cc(C)c2)c2ccc3c(c2)c2ccccc2c2c(-c4ccccc4)cc(-c4ccc(-c5ccccc5)cc4)c(-c4ccccc4)c32)c1. The fraction of sp³-hybridized carbons (Fsp3) is 0.0690. The molecule has 10 rings (SSSR count). The molecule has 59 heavy (non-hydrogen) atoms. The molecular weight excluding hydrogens is 711 g/mol. The topological polar surface area (TPSA) is 3.24 Å². The molecule has 1 nitrogen and oxygen atoms in total. The molecule has 1 heteroatoms. The molecule has 0 N–H and O–H groups in total. The van der Waals surface area contributed by atoms with Gasteiger partial charge < -0.3 is 4.90 Å². The Hall–Kier alpha value is -7.22. The molecule has 0 bridgehead atoms. The lowest BCUT2D eigenvalue weighted by atomic mass is 9.81. The summed E-state index contributed by atoms with van der Waals surface area (Å²) >= 11 is 0. The van der Waals surface area contributed by atoms with Crippen molar-refractivity contribution in [3.63, 3.8) is 0 Å². The summed E-state index contributed by atoms with van der Waals surface area (Å²) in [7, 11) is 0. The van der Waals surface area contributed by atoms with Gasteiger partial charge in [-0.05, 0) is 169 Å². The minimum atomic E-state index is 1.13. The van der Waals surface area contributed by atoms with Crippen molar-refractivity contribution in [2.45, 2.75) is 27.7 Å². The van der Waals surface area contributed by atoms with Gasteiger partial charge >= 0.3 is 0 Å². The van der Waals surface area contributed by atoms with Crippen LogP contribution >= 0.6 is 0 Å². The normalized spacial score (nSPS) is 11.4. The van der Waals surface area contributed by atoms with Crippen molar-refractivity contribution in [3.05, 3.63) is 222 Å². The van der Waals surface area contributed by atoms with E-state index >= 15 is 0 Å². The maximum atomic E-state index is 2.45. The zero-order chi connectivity index (χ0) is 40.0. The number of anilines is 3. The summed E-state index contributed by atoms with van der Waals surface area (Å²) in [6, 6.07) is 74.1. The van der Waals surface area contributed by atoms with Gasteiger partial charge in [0, 0.05) is 17.1 Å². The van der Waals surface area contributed by atoms with Gasteiger partial charge in [-0.3, -0.25) is 0 Å². The van der Waals surface area contributed by atoms with Gasteiger partial charge in [-0.2, -0.15) is 0 Å². The number of rotatable bonds is 7. The van der Waals surface area contributed by atoms with Gasteiger partial charge in [-0.1, -0.05) is 158 Å². The Morgan fingerprint density at radius 1 is 0.271 bits per heavy atom. The molecule has 0 fully saturated rings. The van der Waals surface area contributed by atoms with E-state index in [2.05, 4.69) is 233 Å². The molecule has 0 spiro atoms. The van der Waals surface area contributed by atoms with Gasteiger partial charge in [0.1, 0.15) is 0 Å². The Bertz CT molecular complexity index is 3070. The van der Waals surface area contributed by atoms with Crippen LogP contribution in [0.3, 0.4) is 0 Å². The van der Waals surface area contributed by atoms with Crippen LogP contribution in [0.15, 0.2) is 200 Å². The van der Waals surface area contributed by atoms with Gasteiger partial charge in [-0.25, -0.2) is 0 Å². The highest BCUT2D eigenvalue weighted by Gasteiger charge is 2.23. The summed E-state index contributed by atoms with van der Waals surface area (Å²) < 4.78 is 0. The van der Waals surface area contributed by atoms with E-state index in [-0.39, 0.29) is 0 Å². The second-order valence-electron chi connectivity index (χ2n) is 16.1. The second kappa shape index (κ2) is 14.9. The number of aryl methyl sites for hydroxylation is 4. The van der Waals surface area contributed by atoms with E-state index in [4.69, 9.17) is 0 Å². The van der Waals surface area contributed by atoms with Crippen LogP contribution < -0.4 is 4.90 Å². The Morgan fingerprint density at radius 3 is 1.29 bits per heavy atom. The zero-order valence-corrected chi connectivity index (χ0v) is 34.0. The largest absolute Gasteiger partial charge is 0.310 e. The van der Waals surface area contributed by atoms with Gasteiger partial charge in [0.05, 0.1) is 0 Å². The lowest BCUT2D eigenvalue weighted by molar-refractivity contribution is 1.24. The van der Waals surface area contributed by atoms with E-state index in [1.54, 1.807) is 0 Å². The Labute approximate surface area is 347 Å². The second-order valence-corrected chi connectivity index (χ2v) is 16.1. The molecule has 0 amide bonds. The number of hydrogen-bond acceptors (Lipinski definition) is 1. The summed E-state index contributed by atoms with van der Waals surface area (Å²) in [5, 5.41) is 7.51. The lowest BCUT2D eigenvalue weighted by Crippen LogP contribution is -2.11. The molecule has 0 saturated heterocycles. The molecule has 0 heterocycles. The third-order valence-corrected chi connectivity index (χ3v) is 11.7. The average Bonchev–Trinajstić information content (AvgIpc) is 3.26. The third kappa shape index (κ3) is 6.65. The van der Waals surface area contributed by atoms with Crippen molar-refractivity contribution in [3.8, 4) is 44.5 Å². The van der Waals surface area contributed by atoms with E-state index in [0.717, 1.165) is 17.1 Å². The van der Waals surface area contributed by atoms with Gasteiger partial charge in [0.25, 0.3) is 0 Å². The third-order valence-electron chi connectivity index (χ3n) is 11.7. The zero-order valence-electron chi connectivity index (χ0n) is 34.0. The van der Waals surface area contributed by atoms with Crippen molar-refractivity contribution in [2.24, 2.45) is 0 Å². The maximum absolute atomic E-state index is 2.45. The number of nitrogens with zero attached hydrogens (tertiary/aromatic N) is 1. The average molecular weight is 756 g/mol. The molecule has 0 aliphatic rings. The highest BCUT2D eigenvalue weighted by molar-refractivity contribution is 6.33. The summed E-state index contributed by atoms with van der Waals surface area (Å²) in [6.07, 6.45) is 0. The molecule has 10 aromatic rings. The predicted molar refractivity (Wildman–Crippen MR) is 254 cm³/mol. The molecular formula is C58H45N. The van der Waals surface area contributed by atoms with E-state index < -0.39 is 0 Å². The van der Waals surface area contributed by atoms with Crippen LogP contribution in [-0.4, -0.2) is 0 Å². The fourth-order valence-electron chi connectivity index (χ4n) is 9.34. The van der Waals surface area contributed by atoms with Crippen LogP contribution in [0.4, 0.5) is 17.1 Å². The minimum absolute atomic E-state index is 1.13. The van der Waals surface area contributed by atoms with Crippen molar-refractivity contribution in [1.82, 2.24) is 0 Å². The first-order valence-electron chi connectivity index (χ1n) is 20.6. The number of benzene rings is 10. The van der Waals surface area contributed by atoms with Gasteiger partial charge in [-0.15, -0.1) is 0 Å². The Balaban J connectivity index is 1.33. The first kappa shape index (κ1) is 36.1. The first-order chi connectivity index (χ1) is 28.9. The predicted octanol–water partition coefficient (Wildman–Crippen LogP) is 16.5. The summed E-state index contributed by atoms with van der Waals surface area (Å²) in [5.74, 6) is 0. The minimum Gasteiger partial charge on any atom is -0.310 e. The number of fused-ring (bicyclic) bond motifs is 6. The van der Waals surface area contributed by atoms with E-state index in [1.807, 2.05) is 0 Å². The molecule has 10 aromatic carbocycles. The van der Waals surface area contributed by atoms with E-state index in [9.17, 15) is 0 Å². The Kier molecular flexibility index (Phi) is 9.15. The smallest absolute Gasteiger partial charge is 0.0468 e. The van der Waals surface area contributed by atoms with E-state index in [0.29, 0.717) is 0 Å². The quantitative estimate of drug-likeness (QED) is 0.146. The molecule has 0 aliphatic heterocycles. The molecule has 0 aliphatic carbocycles. The molecule has 0 radical (unpaired) electrons. The van der Waals surface area contributed by atoms with E-state index in [1.165, 1.54) is 99.1 Å². The molecule has 0 unspecified atom stereocenters. The van der Waals surface area contributed by atoms with Crippen LogP contribution in [0.2, 0.25) is 0 Å². The highest BCUT2D eigenvalue weighted by atomic mass is 15.1. The van der Waals surface area contributed by atoms with Crippen molar-refractivity contribution >= 4 is 49.4 Å². The van der Waals surface area contributed by atoms with Crippen LogP contribution in [0.5, 0.6) is 0 Å². The summed E-state index contributed by atoms with van der Waals surface area (Å²) in [5.41, 5.74) is 18.2. The molecule has 0 atom stereocenters. The molecule has 0 aromatic heterocycles. The fourth-order valence-corrected chi connectivity index (χ4v) is 9.34. The van der Waals surface area contributed by atoms with Crippen LogP contribution in [0.1, 0.15) is 22.3 Å². The first-order valence-corrected chi connectivity index (χ1v) is 20.6. The molecule has 282 valence electrons. The monoisotopic (exact) mass is 755 g/mol. The highest BCUT2D eigenvalue weighted by Crippen LogP contribution is 2.50. The Morgan fingerprint density at radius 2 is 0.712 bits per heavy atom. The standard InChI is InChI=1S/C58H45N/c1-38-30-39(2)33-48(32-38)59(49-34-40(3)31-41(4)35-49)47-28-29-52-55(36-47)50-22-14-15-23-51(50)57-54(44-18-10-6-11-19-44)37-53(56(58(52)57)46-20-12-7-13-21-46)45-26-24-43(25-27-45)42-16-8-5-9-17-42/h5-37H,1-4H3. The van der Waals surface area contributed by atoms with Crippen molar-refractivity contribution in [1.29, 1.82) is 0 Å². The number of hydrogen-bond donors (Lipinski definition) is 0. The van der Waals surface area contributed by atoms with Crippen molar-refractivity contribution in [2.75, 3.05) is 4.90 Å². The van der Waals surface area contributed by atoms with Crippen LogP contribution in [0.25, 0.3) is 76.8 Å². The van der Waals surface area contributed by atoms with Gasteiger partial charge in [0.2, 0.25) is 0 Å². The van der Waals surface area contributed by atoms with Crippen LogP contribution in [-0.2, 0) is 0 Å². The lowest BCUT2D eigenvalue weighted by Gasteiger charge is -2.28. The van der Waals surface area contributed by atoms with Crippen LogP contribution in [0, 0.1) is 27.7 Å². The van der Waals surface area contributed by atoms with Crippen molar-refractivity contribution < 1.29 is 0 Å². The summed E-state index contributed by atoms with van der Waals surface area (Å²) in [4.78, 5) is 2.44. The maximum Gasteiger partial charge on any atom is 0.0468 e. The molecule has 0 saturated carbocycles. The van der Waals surface area contributed by atoms with Gasteiger partial charge in [0.15, 0.2) is 0 Å².